The fourth-order valence-electron chi connectivity index (χ4n) is 4.03. The smallest absolute Gasteiger partial charge is 0.300 e. The van der Waals surface area contributed by atoms with Crippen LogP contribution in [-0.4, -0.2) is 23.4 Å². The normalized spacial score (nSPS) is 17.7. The molecule has 1 atom stereocenters. The number of aliphatic hydroxyl groups excluding tert-OH is 1. The summed E-state index contributed by atoms with van der Waals surface area (Å²) < 4.78 is 5.73. The van der Waals surface area contributed by atoms with Crippen LogP contribution in [-0.2, 0) is 9.59 Å². The van der Waals surface area contributed by atoms with Crippen molar-refractivity contribution >= 4 is 46.1 Å². The number of thiophene rings is 1. The number of amides is 1. The molecule has 1 amide bonds. The van der Waals surface area contributed by atoms with Gasteiger partial charge in [-0.1, -0.05) is 37.6 Å². The minimum atomic E-state index is -0.752. The van der Waals surface area contributed by atoms with E-state index in [1.54, 1.807) is 36.4 Å². The van der Waals surface area contributed by atoms with Gasteiger partial charge in [0, 0.05) is 21.2 Å². The summed E-state index contributed by atoms with van der Waals surface area (Å²) in [5, 5.41) is 13.7. The lowest BCUT2D eigenvalue weighted by Gasteiger charge is -2.24. The van der Waals surface area contributed by atoms with Crippen molar-refractivity contribution < 1.29 is 19.4 Å². The predicted molar refractivity (Wildman–Crippen MR) is 132 cm³/mol. The average Bonchev–Trinajstić information content (AvgIpc) is 3.40. The Morgan fingerprint density at radius 2 is 1.94 bits per heavy atom. The molecule has 1 aliphatic heterocycles. The second-order valence-corrected chi connectivity index (χ2v) is 9.42. The van der Waals surface area contributed by atoms with E-state index in [2.05, 4.69) is 0 Å². The molecule has 2 heterocycles. The Morgan fingerprint density at radius 3 is 2.58 bits per heavy atom. The van der Waals surface area contributed by atoms with E-state index in [1.807, 2.05) is 44.4 Å². The van der Waals surface area contributed by atoms with Gasteiger partial charge in [-0.05, 0) is 66.2 Å². The van der Waals surface area contributed by atoms with E-state index in [0.29, 0.717) is 22.9 Å². The van der Waals surface area contributed by atoms with Crippen molar-refractivity contribution in [3.63, 3.8) is 0 Å². The third-order valence-electron chi connectivity index (χ3n) is 5.55. The molecule has 2 aromatic carbocycles. The van der Waals surface area contributed by atoms with Crippen LogP contribution >= 0.6 is 22.9 Å². The number of anilines is 1. The second kappa shape index (κ2) is 9.41. The number of benzene rings is 2. The highest BCUT2D eigenvalue weighted by Gasteiger charge is 2.47. The number of Topliss-reactive ketones (excluding diaryl/α,β-unsaturated/α-hetero) is 1. The minimum absolute atomic E-state index is 0.0568. The molecule has 33 heavy (non-hydrogen) atoms. The van der Waals surface area contributed by atoms with E-state index in [0.717, 1.165) is 16.2 Å². The van der Waals surface area contributed by atoms with Crippen LogP contribution in [0.15, 0.2) is 65.6 Å². The van der Waals surface area contributed by atoms with Gasteiger partial charge in [-0.2, -0.15) is 0 Å². The first-order valence-electron chi connectivity index (χ1n) is 10.7. The van der Waals surface area contributed by atoms with Gasteiger partial charge >= 0.3 is 0 Å². The zero-order chi connectivity index (χ0) is 23.7. The summed E-state index contributed by atoms with van der Waals surface area (Å²) in [4.78, 5) is 28.6. The van der Waals surface area contributed by atoms with Gasteiger partial charge in [-0.15, -0.1) is 11.3 Å². The highest BCUT2D eigenvalue weighted by atomic mass is 35.5. The molecule has 3 aromatic rings. The minimum Gasteiger partial charge on any atom is -0.507 e. The van der Waals surface area contributed by atoms with Crippen LogP contribution in [0.4, 0.5) is 5.69 Å². The summed E-state index contributed by atoms with van der Waals surface area (Å²) in [6.45, 7) is 6.50. The lowest BCUT2D eigenvalue weighted by molar-refractivity contribution is -0.132. The van der Waals surface area contributed by atoms with E-state index >= 15 is 0 Å². The maximum absolute atomic E-state index is 13.2. The number of hydrogen-bond acceptors (Lipinski definition) is 5. The van der Waals surface area contributed by atoms with Crippen LogP contribution in [0.3, 0.4) is 0 Å². The fraction of sp³-hybridized carbons (Fsp3) is 0.231. The summed E-state index contributed by atoms with van der Waals surface area (Å²) >= 11 is 7.58. The number of aliphatic hydroxyl groups is 1. The van der Waals surface area contributed by atoms with Crippen molar-refractivity contribution in [2.75, 3.05) is 11.5 Å². The van der Waals surface area contributed by atoms with Gasteiger partial charge < -0.3 is 9.84 Å². The molecule has 7 heteroatoms. The maximum Gasteiger partial charge on any atom is 0.300 e. The lowest BCUT2D eigenvalue weighted by atomic mass is 9.95. The molecule has 0 bridgehead atoms. The summed E-state index contributed by atoms with van der Waals surface area (Å²) in [5.41, 5.74) is 1.93. The number of rotatable bonds is 6. The van der Waals surface area contributed by atoms with Crippen molar-refractivity contribution in [1.29, 1.82) is 0 Å². The number of halogens is 1. The first kappa shape index (κ1) is 23.1. The van der Waals surface area contributed by atoms with Crippen molar-refractivity contribution in [3.05, 3.63) is 86.6 Å². The molecular weight excluding hydrogens is 458 g/mol. The number of carbonyl (C=O) groups is 2. The van der Waals surface area contributed by atoms with Crippen LogP contribution in [0.5, 0.6) is 5.75 Å². The third-order valence-corrected chi connectivity index (χ3v) is 6.71. The molecule has 1 aromatic heterocycles. The molecule has 1 fully saturated rings. The monoisotopic (exact) mass is 481 g/mol. The Kier molecular flexibility index (Phi) is 6.58. The maximum atomic E-state index is 13.2. The number of carbonyl (C=O) groups excluding carboxylic acids is 2. The lowest BCUT2D eigenvalue weighted by Crippen LogP contribution is -2.29. The first-order valence-corrected chi connectivity index (χ1v) is 12.0. The Bertz CT molecular complexity index is 1230. The molecule has 1 N–H and O–H groups in total. The Hall–Kier alpha value is -3.09. The molecule has 1 unspecified atom stereocenters. The quantitative estimate of drug-likeness (QED) is 0.246. The van der Waals surface area contributed by atoms with E-state index in [9.17, 15) is 14.7 Å². The van der Waals surface area contributed by atoms with Crippen LogP contribution in [0, 0.1) is 0 Å². The zero-order valence-electron chi connectivity index (χ0n) is 18.5. The summed E-state index contributed by atoms with van der Waals surface area (Å²) in [6.07, 6.45) is 0. The van der Waals surface area contributed by atoms with Crippen LogP contribution in [0.25, 0.3) is 5.76 Å². The van der Waals surface area contributed by atoms with E-state index in [-0.39, 0.29) is 17.3 Å². The van der Waals surface area contributed by atoms with Gasteiger partial charge in [0.2, 0.25) is 0 Å². The van der Waals surface area contributed by atoms with Crippen molar-refractivity contribution in [1.82, 2.24) is 0 Å². The van der Waals surface area contributed by atoms with Crippen molar-refractivity contribution in [2.45, 2.75) is 32.7 Å². The van der Waals surface area contributed by atoms with Crippen LogP contribution < -0.4 is 9.64 Å². The Labute approximate surface area is 201 Å². The van der Waals surface area contributed by atoms with E-state index in [4.69, 9.17) is 16.3 Å². The summed E-state index contributed by atoms with van der Waals surface area (Å²) in [6, 6.07) is 15.1. The van der Waals surface area contributed by atoms with Gasteiger partial charge in [0.15, 0.2) is 0 Å². The molecule has 0 saturated carbocycles. The first-order chi connectivity index (χ1) is 15.8. The van der Waals surface area contributed by atoms with Gasteiger partial charge in [0.1, 0.15) is 17.6 Å². The predicted octanol–water partition coefficient (Wildman–Crippen LogP) is 6.55. The molecule has 0 spiro atoms. The second-order valence-electron chi connectivity index (χ2n) is 8.00. The summed E-state index contributed by atoms with van der Waals surface area (Å²) in [7, 11) is 0. The Morgan fingerprint density at radius 1 is 1.15 bits per heavy atom. The van der Waals surface area contributed by atoms with E-state index < -0.39 is 17.7 Å². The highest BCUT2D eigenvalue weighted by Crippen LogP contribution is 2.44. The fourth-order valence-corrected chi connectivity index (χ4v) is 5.04. The summed E-state index contributed by atoms with van der Waals surface area (Å²) in [5.74, 6) is -0.765. The van der Waals surface area contributed by atoms with Gasteiger partial charge in [-0.25, -0.2) is 0 Å². The van der Waals surface area contributed by atoms with E-state index in [1.165, 1.54) is 16.2 Å². The zero-order valence-corrected chi connectivity index (χ0v) is 20.1. The van der Waals surface area contributed by atoms with Gasteiger partial charge in [0.25, 0.3) is 11.7 Å². The standard InChI is InChI=1S/C26H24ClNO4S/c1-4-32-20-11-10-16(13-19(20)15(2)3)24(29)22-23(21-9-6-12-33-21)28(26(31)25(22)30)18-8-5-7-17(27)14-18/h5-15,23,29H,4H2,1-3H3/b24-22-. The number of hydrogen-bond donors (Lipinski definition) is 1. The highest BCUT2D eigenvalue weighted by molar-refractivity contribution is 7.10. The molecule has 1 aliphatic rings. The number of nitrogens with zero attached hydrogens (tertiary/aromatic N) is 1. The molecule has 0 radical (unpaired) electrons. The molecule has 170 valence electrons. The van der Waals surface area contributed by atoms with Gasteiger partial charge in [0.05, 0.1) is 12.2 Å². The SMILES string of the molecule is CCOc1ccc(/C(O)=C2/C(=O)C(=O)N(c3cccc(Cl)c3)C2c2cccs2)cc1C(C)C. The molecule has 1 saturated heterocycles. The average molecular weight is 482 g/mol. The van der Waals surface area contributed by atoms with Crippen molar-refractivity contribution in [2.24, 2.45) is 0 Å². The van der Waals surface area contributed by atoms with Crippen molar-refractivity contribution in [3.8, 4) is 5.75 Å². The largest absolute Gasteiger partial charge is 0.507 e. The third kappa shape index (κ3) is 4.28. The molecule has 5 nitrogen and oxygen atoms in total. The van der Waals surface area contributed by atoms with Crippen LogP contribution in [0.1, 0.15) is 48.7 Å². The Balaban J connectivity index is 1.90. The number of ketones is 1. The molecular formula is C26H24ClNO4S. The molecule has 0 aliphatic carbocycles. The van der Waals surface area contributed by atoms with Crippen LogP contribution in [0.2, 0.25) is 5.02 Å². The number of ether oxygens (including phenoxy) is 1. The van der Waals surface area contributed by atoms with Gasteiger partial charge in [-0.3, -0.25) is 14.5 Å². The topological polar surface area (TPSA) is 66.8 Å². The molecule has 4 rings (SSSR count).